The molecule has 0 radical (unpaired) electrons. The minimum Gasteiger partial charge on any atom is -0.467 e. The molecule has 3 rings (SSSR count). The monoisotopic (exact) mass is 475 g/mol. The van der Waals surface area contributed by atoms with E-state index in [0.29, 0.717) is 22.9 Å². The van der Waals surface area contributed by atoms with E-state index in [2.05, 4.69) is 9.69 Å². The molecule has 33 heavy (non-hydrogen) atoms. The number of carbonyl (C=O) groups excluding carboxylic acids is 3. The van der Waals surface area contributed by atoms with Crippen LogP contribution in [0.1, 0.15) is 37.5 Å². The van der Waals surface area contributed by atoms with Crippen LogP contribution in [0.4, 0.5) is 10.1 Å². The van der Waals surface area contributed by atoms with Crippen LogP contribution in [0.15, 0.2) is 47.1 Å². The van der Waals surface area contributed by atoms with E-state index in [1.165, 1.54) is 42.5 Å². The zero-order chi connectivity index (χ0) is 24.0. The second kappa shape index (κ2) is 10.7. The summed E-state index contributed by atoms with van der Waals surface area (Å²) in [7, 11) is 1.49. The number of anilines is 1. The summed E-state index contributed by atoms with van der Waals surface area (Å²) < 4.78 is 27.8. The van der Waals surface area contributed by atoms with Gasteiger partial charge in [-0.15, -0.1) is 0 Å². The third kappa shape index (κ3) is 5.54. The van der Waals surface area contributed by atoms with Gasteiger partial charge in [-0.2, -0.15) is 4.37 Å². The Hall–Kier alpha value is -3.77. The van der Waals surface area contributed by atoms with Crippen molar-refractivity contribution in [1.29, 1.82) is 0 Å². The van der Waals surface area contributed by atoms with Crippen molar-refractivity contribution in [2.45, 2.75) is 12.6 Å². The number of carbonyl (C=O) groups is 3. The van der Waals surface area contributed by atoms with Gasteiger partial charge in [-0.1, -0.05) is 12.1 Å². The molecule has 0 aliphatic rings. The number of benzene rings is 1. The van der Waals surface area contributed by atoms with Gasteiger partial charge in [-0.3, -0.25) is 14.4 Å². The Bertz CT molecular complexity index is 1120. The number of aromatic nitrogens is 1. The molecule has 0 bridgehead atoms. The van der Waals surface area contributed by atoms with E-state index < -0.39 is 29.6 Å². The van der Waals surface area contributed by atoms with Crippen molar-refractivity contribution >= 4 is 34.9 Å². The fourth-order valence-electron chi connectivity index (χ4n) is 3.10. The summed E-state index contributed by atoms with van der Waals surface area (Å²) in [4.78, 5) is 39.5. The van der Waals surface area contributed by atoms with E-state index in [-0.39, 0.29) is 36.0 Å². The third-order valence-corrected chi connectivity index (χ3v) is 5.52. The first-order valence-electron chi connectivity index (χ1n) is 9.73. The van der Waals surface area contributed by atoms with Crippen LogP contribution in [0, 0.1) is 5.82 Å². The van der Waals surface area contributed by atoms with Crippen molar-refractivity contribution < 1.29 is 27.9 Å². The van der Waals surface area contributed by atoms with Crippen molar-refractivity contribution in [2.75, 3.05) is 26.0 Å². The van der Waals surface area contributed by atoms with Gasteiger partial charge >= 0.3 is 0 Å². The Balaban J connectivity index is 2.07. The number of nitrogens with two attached hydrogens (primary N) is 2. The zero-order valence-electron chi connectivity index (χ0n) is 17.6. The molecule has 1 aromatic carbocycles. The fraction of sp³-hybridized carbons (Fsp3) is 0.238. The highest BCUT2D eigenvalue weighted by Crippen LogP contribution is 2.30. The Kier molecular flexibility index (Phi) is 7.74. The van der Waals surface area contributed by atoms with Crippen LogP contribution in [0.2, 0.25) is 0 Å². The lowest BCUT2D eigenvalue weighted by molar-refractivity contribution is -0.126. The summed E-state index contributed by atoms with van der Waals surface area (Å²) in [5, 5.41) is 2.70. The predicted octanol–water partition coefficient (Wildman–Crippen LogP) is 1.70. The van der Waals surface area contributed by atoms with Crippen molar-refractivity contribution in [3.63, 3.8) is 0 Å². The average molecular weight is 476 g/mol. The van der Waals surface area contributed by atoms with Crippen molar-refractivity contribution in [1.82, 2.24) is 14.6 Å². The molecule has 3 amide bonds. The fourth-order valence-corrected chi connectivity index (χ4v) is 3.86. The lowest BCUT2D eigenvalue weighted by Crippen LogP contribution is -2.44. The molecule has 5 N–H and O–H groups in total. The lowest BCUT2D eigenvalue weighted by Gasteiger charge is -2.30. The van der Waals surface area contributed by atoms with Gasteiger partial charge in [-0.05, 0) is 41.4 Å². The van der Waals surface area contributed by atoms with E-state index in [9.17, 15) is 18.8 Å². The highest BCUT2D eigenvalue weighted by atomic mass is 32.1. The second-order valence-electron chi connectivity index (χ2n) is 6.89. The minimum absolute atomic E-state index is 0.0628. The van der Waals surface area contributed by atoms with Crippen LogP contribution in [0.3, 0.4) is 0 Å². The summed E-state index contributed by atoms with van der Waals surface area (Å²) in [5.74, 6) is -2.20. The van der Waals surface area contributed by atoms with Crippen LogP contribution >= 0.6 is 11.5 Å². The number of nitrogen functional groups attached to an aromatic ring is 1. The molecule has 0 saturated heterocycles. The topological polar surface area (TPSA) is 154 Å². The minimum atomic E-state index is -1.18. The van der Waals surface area contributed by atoms with Gasteiger partial charge < -0.3 is 30.8 Å². The van der Waals surface area contributed by atoms with Crippen LogP contribution in [0.25, 0.3) is 0 Å². The van der Waals surface area contributed by atoms with Crippen LogP contribution in [0.5, 0.6) is 0 Å². The molecule has 10 nitrogen and oxygen atoms in total. The molecule has 0 fully saturated rings. The number of primary amides is 1. The summed E-state index contributed by atoms with van der Waals surface area (Å²) >= 11 is 0.692. The number of hydrogen-bond donors (Lipinski definition) is 3. The summed E-state index contributed by atoms with van der Waals surface area (Å²) in [5.41, 5.74) is 11.2. The number of hydrogen-bond acceptors (Lipinski definition) is 8. The molecule has 3 aromatic rings. The second-order valence-corrected chi connectivity index (χ2v) is 7.66. The molecular weight excluding hydrogens is 453 g/mol. The maximum Gasteiger partial charge on any atom is 0.270 e. The molecule has 2 heterocycles. The van der Waals surface area contributed by atoms with Crippen molar-refractivity contribution in [3.05, 3.63) is 70.4 Å². The predicted molar refractivity (Wildman–Crippen MR) is 118 cm³/mol. The number of furan rings is 1. The van der Waals surface area contributed by atoms with E-state index in [1.54, 1.807) is 12.1 Å². The van der Waals surface area contributed by atoms with Gasteiger partial charge in [0.25, 0.3) is 11.8 Å². The molecule has 1 atom stereocenters. The highest BCUT2D eigenvalue weighted by Gasteiger charge is 2.35. The molecular formula is C21H22FN5O5S. The molecule has 0 spiro atoms. The molecule has 0 unspecified atom stereocenters. The maximum atomic E-state index is 13.6. The molecule has 0 aliphatic carbocycles. The Morgan fingerprint density at radius 3 is 2.58 bits per heavy atom. The number of rotatable bonds is 10. The zero-order valence-corrected chi connectivity index (χ0v) is 18.4. The first-order valence-corrected chi connectivity index (χ1v) is 10.5. The summed E-state index contributed by atoms with van der Waals surface area (Å²) in [6.45, 7) is 0.316. The summed E-state index contributed by atoms with van der Waals surface area (Å²) in [6.07, 6.45) is 1.43. The number of nitrogens with one attached hydrogen (secondary N) is 1. The summed E-state index contributed by atoms with van der Waals surface area (Å²) in [6, 6.07) is 7.27. The quantitative estimate of drug-likeness (QED) is 0.377. The van der Waals surface area contributed by atoms with Crippen molar-refractivity contribution in [3.8, 4) is 0 Å². The Labute approximate surface area is 192 Å². The number of methoxy groups -OCH3 is 1. The van der Waals surface area contributed by atoms with Gasteiger partial charge in [0.15, 0.2) is 5.69 Å². The van der Waals surface area contributed by atoms with E-state index in [1.807, 2.05) is 0 Å². The molecule has 0 saturated carbocycles. The first kappa shape index (κ1) is 23.9. The van der Waals surface area contributed by atoms with Gasteiger partial charge in [-0.25, -0.2) is 4.39 Å². The molecule has 2 aromatic heterocycles. The van der Waals surface area contributed by atoms with Gasteiger partial charge in [0.1, 0.15) is 22.5 Å². The van der Waals surface area contributed by atoms with Crippen molar-refractivity contribution in [2.24, 2.45) is 5.73 Å². The standard InChI is InChI=1S/C21H22FN5O5S/c1-31-10-8-25-20(29)17(12-4-6-13(22)7-5-12)27(11-14-3-2-9-32-14)21(30)18-15(23)16(19(24)28)26-33-18/h2-7,9,17H,8,10-11,23H2,1H3,(H2,24,28)(H,25,29)/t17-/m1/s1. The largest absolute Gasteiger partial charge is 0.467 e. The van der Waals surface area contributed by atoms with Crippen LogP contribution < -0.4 is 16.8 Å². The van der Waals surface area contributed by atoms with E-state index in [0.717, 1.165) is 0 Å². The Morgan fingerprint density at radius 1 is 1.27 bits per heavy atom. The van der Waals surface area contributed by atoms with Gasteiger partial charge in [0, 0.05) is 13.7 Å². The number of nitrogens with zero attached hydrogens (tertiary/aromatic N) is 2. The van der Waals surface area contributed by atoms with Crippen LogP contribution in [-0.2, 0) is 16.1 Å². The number of amides is 3. The lowest BCUT2D eigenvalue weighted by atomic mass is 10.0. The van der Waals surface area contributed by atoms with E-state index in [4.69, 9.17) is 20.6 Å². The number of ether oxygens (including phenoxy) is 1. The molecule has 174 valence electrons. The highest BCUT2D eigenvalue weighted by molar-refractivity contribution is 7.09. The third-order valence-electron chi connectivity index (χ3n) is 4.67. The maximum absolute atomic E-state index is 13.6. The van der Waals surface area contributed by atoms with Crippen LogP contribution in [-0.4, -0.2) is 47.3 Å². The number of halogens is 1. The molecule has 0 aliphatic heterocycles. The Morgan fingerprint density at radius 2 is 2.00 bits per heavy atom. The van der Waals surface area contributed by atoms with E-state index >= 15 is 0 Å². The first-order chi connectivity index (χ1) is 15.8. The smallest absolute Gasteiger partial charge is 0.270 e. The molecule has 12 heteroatoms. The van der Waals surface area contributed by atoms with Gasteiger partial charge in [0.05, 0.1) is 25.1 Å². The SMILES string of the molecule is COCCNC(=O)[C@@H](c1ccc(F)cc1)N(Cc1ccco1)C(=O)c1snc(C(N)=O)c1N. The normalized spacial score (nSPS) is 11.7. The van der Waals surface area contributed by atoms with Gasteiger partial charge in [0.2, 0.25) is 5.91 Å². The average Bonchev–Trinajstić information content (AvgIpc) is 3.44.